The molecular weight excluding hydrogens is 252 g/mol. The average Bonchev–Trinajstić information content (AvgIpc) is 2.61. The van der Waals surface area contributed by atoms with Gasteiger partial charge in [0, 0.05) is 12.0 Å². The van der Waals surface area contributed by atoms with E-state index in [1.807, 2.05) is 18.2 Å². The highest BCUT2D eigenvalue weighted by atomic mass is 16.5. The molecular formula is C17H24O3. The van der Waals surface area contributed by atoms with Gasteiger partial charge in [0.25, 0.3) is 0 Å². The number of hydrogen-bond acceptors (Lipinski definition) is 3. The highest BCUT2D eigenvalue weighted by Gasteiger charge is 2.41. The summed E-state index contributed by atoms with van der Waals surface area (Å²) >= 11 is 0. The van der Waals surface area contributed by atoms with Crippen LogP contribution in [0.4, 0.5) is 0 Å². The van der Waals surface area contributed by atoms with Gasteiger partial charge < -0.3 is 14.6 Å². The monoisotopic (exact) mass is 276 g/mol. The second-order valence-corrected chi connectivity index (χ2v) is 6.44. The zero-order valence-electron chi connectivity index (χ0n) is 12.4. The van der Waals surface area contributed by atoms with Gasteiger partial charge in [0.1, 0.15) is 17.1 Å². The Labute approximate surface area is 120 Å². The van der Waals surface area contributed by atoms with Gasteiger partial charge in [0.05, 0.1) is 13.2 Å². The second kappa shape index (κ2) is 5.28. The van der Waals surface area contributed by atoms with Crippen LogP contribution in [0.5, 0.6) is 11.5 Å². The van der Waals surface area contributed by atoms with Gasteiger partial charge in [-0.25, -0.2) is 0 Å². The summed E-state index contributed by atoms with van der Waals surface area (Å²) in [5.74, 6) is 2.38. The molecule has 0 bridgehead atoms. The number of aliphatic hydroxyl groups is 1. The lowest BCUT2D eigenvalue weighted by atomic mass is 9.83. The number of rotatable bonds is 1. The van der Waals surface area contributed by atoms with Crippen molar-refractivity contribution in [3.05, 3.63) is 23.8 Å². The first-order valence-corrected chi connectivity index (χ1v) is 7.67. The third-order valence-corrected chi connectivity index (χ3v) is 4.89. The van der Waals surface area contributed by atoms with Gasteiger partial charge in [-0.15, -0.1) is 0 Å². The third kappa shape index (κ3) is 2.51. The highest BCUT2D eigenvalue weighted by molar-refractivity contribution is 5.43. The number of methoxy groups -OCH3 is 1. The Morgan fingerprint density at radius 2 is 2.15 bits per heavy atom. The largest absolute Gasteiger partial charge is 0.497 e. The number of ether oxygens (including phenoxy) is 2. The van der Waals surface area contributed by atoms with E-state index < -0.39 is 6.10 Å². The highest BCUT2D eigenvalue weighted by Crippen LogP contribution is 2.46. The molecule has 0 radical (unpaired) electrons. The number of aliphatic hydroxyl groups excluding tert-OH is 1. The first-order chi connectivity index (χ1) is 9.62. The molecule has 1 aliphatic heterocycles. The van der Waals surface area contributed by atoms with Crippen LogP contribution in [-0.2, 0) is 0 Å². The van der Waals surface area contributed by atoms with Gasteiger partial charge in [-0.05, 0) is 49.8 Å². The van der Waals surface area contributed by atoms with Crippen LogP contribution in [0.15, 0.2) is 18.2 Å². The van der Waals surface area contributed by atoms with Crippen LogP contribution >= 0.6 is 0 Å². The molecule has 1 aromatic carbocycles. The Balaban J connectivity index is 1.88. The van der Waals surface area contributed by atoms with Crippen molar-refractivity contribution >= 4 is 0 Å². The van der Waals surface area contributed by atoms with Crippen LogP contribution in [0, 0.1) is 5.92 Å². The van der Waals surface area contributed by atoms with Crippen molar-refractivity contribution in [2.24, 2.45) is 5.92 Å². The number of fused-ring (bicyclic) bond motifs is 1. The molecule has 2 aliphatic rings. The third-order valence-electron chi connectivity index (χ3n) is 4.89. The fourth-order valence-corrected chi connectivity index (χ4v) is 3.60. The van der Waals surface area contributed by atoms with E-state index in [0.29, 0.717) is 6.42 Å². The lowest BCUT2D eigenvalue weighted by Crippen LogP contribution is -2.40. The molecule has 1 saturated carbocycles. The Bertz CT molecular complexity index is 485. The zero-order chi connectivity index (χ0) is 14.2. The van der Waals surface area contributed by atoms with E-state index in [1.165, 1.54) is 19.3 Å². The maximum Gasteiger partial charge on any atom is 0.126 e. The molecule has 1 fully saturated rings. The predicted octanol–water partition coefficient (Wildman–Crippen LogP) is 3.85. The molecule has 0 amide bonds. The van der Waals surface area contributed by atoms with Gasteiger partial charge in [0.15, 0.2) is 0 Å². The van der Waals surface area contributed by atoms with E-state index in [1.54, 1.807) is 7.11 Å². The van der Waals surface area contributed by atoms with E-state index >= 15 is 0 Å². The van der Waals surface area contributed by atoms with Crippen molar-refractivity contribution in [3.63, 3.8) is 0 Å². The van der Waals surface area contributed by atoms with Gasteiger partial charge in [-0.2, -0.15) is 0 Å². The van der Waals surface area contributed by atoms with Crippen molar-refractivity contribution < 1.29 is 14.6 Å². The Morgan fingerprint density at radius 1 is 1.30 bits per heavy atom. The van der Waals surface area contributed by atoms with Crippen molar-refractivity contribution in [1.29, 1.82) is 0 Å². The maximum atomic E-state index is 10.5. The van der Waals surface area contributed by atoms with Crippen LogP contribution in [0.1, 0.15) is 57.1 Å². The van der Waals surface area contributed by atoms with Crippen LogP contribution in [0.3, 0.4) is 0 Å². The number of hydrogen-bond donors (Lipinski definition) is 1. The minimum atomic E-state index is -0.442. The zero-order valence-corrected chi connectivity index (χ0v) is 12.4. The molecule has 1 heterocycles. The van der Waals surface area contributed by atoms with Crippen LogP contribution in [0.25, 0.3) is 0 Å². The molecule has 110 valence electrons. The predicted molar refractivity (Wildman–Crippen MR) is 78.2 cm³/mol. The van der Waals surface area contributed by atoms with Crippen molar-refractivity contribution in [2.75, 3.05) is 7.11 Å². The van der Waals surface area contributed by atoms with Gasteiger partial charge in [-0.1, -0.05) is 13.3 Å². The molecule has 20 heavy (non-hydrogen) atoms. The molecule has 1 aliphatic carbocycles. The summed E-state index contributed by atoms with van der Waals surface area (Å²) in [7, 11) is 1.64. The fraction of sp³-hybridized carbons (Fsp3) is 0.647. The summed E-state index contributed by atoms with van der Waals surface area (Å²) in [5, 5.41) is 10.5. The molecule has 1 spiro atoms. The molecule has 3 heteroatoms. The van der Waals surface area contributed by atoms with Crippen molar-refractivity contribution in [2.45, 2.75) is 57.2 Å². The average molecular weight is 276 g/mol. The van der Waals surface area contributed by atoms with Gasteiger partial charge in [-0.3, -0.25) is 0 Å². The minimum Gasteiger partial charge on any atom is -0.497 e. The molecule has 0 aromatic heterocycles. The topological polar surface area (TPSA) is 38.7 Å². The van der Waals surface area contributed by atoms with Crippen LogP contribution in [0.2, 0.25) is 0 Å². The van der Waals surface area contributed by atoms with Gasteiger partial charge >= 0.3 is 0 Å². The minimum absolute atomic E-state index is 0.161. The first-order valence-electron chi connectivity index (χ1n) is 7.67. The van der Waals surface area contributed by atoms with Gasteiger partial charge in [0.2, 0.25) is 0 Å². The van der Waals surface area contributed by atoms with E-state index in [0.717, 1.165) is 35.8 Å². The smallest absolute Gasteiger partial charge is 0.126 e. The second-order valence-electron chi connectivity index (χ2n) is 6.44. The standard InChI is InChI=1S/C17H24O3/c1-12-4-3-8-17(9-7-12)11-15(18)14-10-13(19-2)5-6-16(14)20-17/h5-6,10,12,15,18H,3-4,7-9,11H2,1-2H3. The molecule has 3 atom stereocenters. The van der Waals surface area contributed by atoms with Crippen LogP contribution < -0.4 is 9.47 Å². The summed E-state index contributed by atoms with van der Waals surface area (Å²) in [6, 6.07) is 5.74. The summed E-state index contributed by atoms with van der Waals surface area (Å²) in [4.78, 5) is 0. The van der Waals surface area contributed by atoms with E-state index in [4.69, 9.17) is 9.47 Å². The quantitative estimate of drug-likeness (QED) is 0.846. The molecule has 3 nitrogen and oxygen atoms in total. The summed E-state index contributed by atoms with van der Waals surface area (Å²) in [6.07, 6.45) is 6.03. The molecule has 1 aromatic rings. The van der Waals surface area contributed by atoms with Crippen molar-refractivity contribution in [1.82, 2.24) is 0 Å². The Morgan fingerprint density at radius 3 is 2.95 bits per heavy atom. The maximum absolute atomic E-state index is 10.5. The molecule has 3 rings (SSSR count). The Hall–Kier alpha value is -1.22. The molecule has 3 unspecified atom stereocenters. The van der Waals surface area contributed by atoms with Crippen molar-refractivity contribution in [3.8, 4) is 11.5 Å². The van der Waals surface area contributed by atoms with Crippen LogP contribution in [-0.4, -0.2) is 17.8 Å². The normalized spacial score (nSPS) is 33.1. The molecule has 0 saturated heterocycles. The van der Waals surface area contributed by atoms with E-state index in [2.05, 4.69) is 6.92 Å². The van der Waals surface area contributed by atoms with E-state index in [9.17, 15) is 5.11 Å². The summed E-state index contributed by atoms with van der Waals surface area (Å²) in [5.41, 5.74) is 0.707. The summed E-state index contributed by atoms with van der Waals surface area (Å²) in [6.45, 7) is 2.32. The fourth-order valence-electron chi connectivity index (χ4n) is 3.60. The summed E-state index contributed by atoms with van der Waals surface area (Å²) < 4.78 is 11.6. The Kier molecular flexibility index (Phi) is 3.63. The molecule has 1 N–H and O–H groups in total. The number of benzene rings is 1. The van der Waals surface area contributed by atoms with E-state index in [-0.39, 0.29) is 5.60 Å². The lowest BCUT2D eigenvalue weighted by Gasteiger charge is -2.40. The SMILES string of the molecule is COc1ccc2c(c1)C(O)CC1(CCCC(C)CC1)O2. The lowest BCUT2D eigenvalue weighted by molar-refractivity contribution is -0.0251. The first kappa shape index (κ1) is 13.7.